The SMILES string of the molecule is CCOCc1nc(N)cc(Nc2cccc(C)c2Br)n1. The van der Waals surface area contributed by atoms with Gasteiger partial charge >= 0.3 is 0 Å². The van der Waals surface area contributed by atoms with Crippen LogP contribution in [0.1, 0.15) is 18.3 Å². The van der Waals surface area contributed by atoms with Crippen LogP contribution in [0.2, 0.25) is 0 Å². The van der Waals surface area contributed by atoms with E-state index >= 15 is 0 Å². The first-order chi connectivity index (χ1) is 9.60. The quantitative estimate of drug-likeness (QED) is 0.875. The number of nitrogens with one attached hydrogen (secondary N) is 1. The van der Waals surface area contributed by atoms with E-state index in [1.807, 2.05) is 32.0 Å². The molecule has 3 N–H and O–H groups in total. The van der Waals surface area contributed by atoms with Gasteiger partial charge in [-0.3, -0.25) is 0 Å². The zero-order valence-electron chi connectivity index (χ0n) is 11.5. The van der Waals surface area contributed by atoms with Crippen molar-refractivity contribution in [2.45, 2.75) is 20.5 Å². The fourth-order valence-corrected chi connectivity index (χ4v) is 2.09. The Kier molecular flexibility index (Phi) is 4.92. The molecule has 0 aliphatic rings. The van der Waals surface area contributed by atoms with Crippen molar-refractivity contribution in [2.24, 2.45) is 0 Å². The fourth-order valence-electron chi connectivity index (χ4n) is 1.72. The molecule has 0 bridgehead atoms. The van der Waals surface area contributed by atoms with Gasteiger partial charge in [0.05, 0.1) is 5.69 Å². The lowest BCUT2D eigenvalue weighted by Crippen LogP contribution is -2.05. The molecule has 0 saturated heterocycles. The molecule has 2 aromatic rings. The van der Waals surface area contributed by atoms with Crippen molar-refractivity contribution >= 4 is 33.3 Å². The van der Waals surface area contributed by atoms with Crippen LogP contribution in [0, 0.1) is 6.92 Å². The number of aryl methyl sites for hydroxylation is 1. The van der Waals surface area contributed by atoms with Gasteiger partial charge < -0.3 is 15.8 Å². The van der Waals surface area contributed by atoms with Crippen LogP contribution in [0.15, 0.2) is 28.7 Å². The van der Waals surface area contributed by atoms with Crippen LogP contribution < -0.4 is 11.1 Å². The number of aromatic nitrogens is 2. The second-order valence-corrected chi connectivity index (χ2v) is 5.09. The lowest BCUT2D eigenvalue weighted by atomic mass is 10.2. The van der Waals surface area contributed by atoms with E-state index in [1.54, 1.807) is 6.07 Å². The van der Waals surface area contributed by atoms with Crippen LogP contribution in [0.3, 0.4) is 0 Å². The van der Waals surface area contributed by atoms with E-state index in [0.717, 1.165) is 15.7 Å². The Hall–Kier alpha value is -1.66. The lowest BCUT2D eigenvalue weighted by Gasteiger charge is -2.11. The van der Waals surface area contributed by atoms with Gasteiger partial charge in [-0.15, -0.1) is 0 Å². The molecule has 1 aromatic carbocycles. The Labute approximate surface area is 126 Å². The third-order valence-corrected chi connectivity index (χ3v) is 3.73. The second-order valence-electron chi connectivity index (χ2n) is 4.29. The van der Waals surface area contributed by atoms with E-state index in [2.05, 4.69) is 31.2 Å². The molecule has 106 valence electrons. The summed E-state index contributed by atoms with van der Waals surface area (Å²) in [5.41, 5.74) is 7.87. The molecule has 0 aliphatic carbocycles. The van der Waals surface area contributed by atoms with Gasteiger partial charge in [-0.2, -0.15) is 0 Å². The van der Waals surface area contributed by atoms with E-state index in [9.17, 15) is 0 Å². The third-order valence-electron chi connectivity index (χ3n) is 2.68. The highest BCUT2D eigenvalue weighted by Gasteiger charge is 2.06. The number of nitrogens with zero attached hydrogens (tertiary/aromatic N) is 2. The normalized spacial score (nSPS) is 10.6. The first kappa shape index (κ1) is 14.7. The van der Waals surface area contributed by atoms with Gasteiger partial charge in [0.15, 0.2) is 5.82 Å². The van der Waals surface area contributed by atoms with Gasteiger partial charge in [-0.1, -0.05) is 12.1 Å². The molecule has 0 saturated carbocycles. The Balaban J connectivity index is 2.24. The summed E-state index contributed by atoms with van der Waals surface area (Å²) in [6.45, 7) is 4.93. The Morgan fingerprint density at radius 3 is 2.90 bits per heavy atom. The molecule has 0 radical (unpaired) electrons. The van der Waals surface area contributed by atoms with Crippen molar-refractivity contribution in [1.29, 1.82) is 0 Å². The number of anilines is 3. The maximum Gasteiger partial charge on any atom is 0.158 e. The van der Waals surface area contributed by atoms with Crippen molar-refractivity contribution in [3.05, 3.63) is 40.1 Å². The minimum Gasteiger partial charge on any atom is -0.384 e. The Morgan fingerprint density at radius 1 is 1.35 bits per heavy atom. The van der Waals surface area contributed by atoms with E-state index < -0.39 is 0 Å². The molecule has 6 heteroatoms. The van der Waals surface area contributed by atoms with Crippen LogP contribution in [0.5, 0.6) is 0 Å². The summed E-state index contributed by atoms with van der Waals surface area (Å²) in [7, 11) is 0. The molecule has 0 amide bonds. The number of ether oxygens (including phenoxy) is 1. The lowest BCUT2D eigenvalue weighted by molar-refractivity contribution is 0.128. The topological polar surface area (TPSA) is 73.1 Å². The van der Waals surface area contributed by atoms with Gasteiger partial charge in [0.1, 0.15) is 18.2 Å². The minimum absolute atomic E-state index is 0.352. The molecule has 2 rings (SSSR count). The number of hydrogen-bond acceptors (Lipinski definition) is 5. The van der Waals surface area contributed by atoms with Crippen LogP contribution in [0.4, 0.5) is 17.3 Å². The molecule has 1 heterocycles. The zero-order chi connectivity index (χ0) is 14.5. The maximum absolute atomic E-state index is 5.79. The first-order valence-electron chi connectivity index (χ1n) is 6.33. The predicted molar refractivity (Wildman–Crippen MR) is 83.9 cm³/mol. The number of rotatable bonds is 5. The molecule has 20 heavy (non-hydrogen) atoms. The van der Waals surface area contributed by atoms with Gasteiger partial charge in [0.25, 0.3) is 0 Å². The van der Waals surface area contributed by atoms with E-state index in [0.29, 0.717) is 30.7 Å². The summed E-state index contributed by atoms with van der Waals surface area (Å²) in [5.74, 6) is 1.64. The smallest absolute Gasteiger partial charge is 0.158 e. The highest BCUT2D eigenvalue weighted by atomic mass is 79.9. The van der Waals surface area contributed by atoms with Gasteiger partial charge in [0.2, 0.25) is 0 Å². The van der Waals surface area contributed by atoms with Crippen LogP contribution in [-0.4, -0.2) is 16.6 Å². The van der Waals surface area contributed by atoms with Crippen molar-refractivity contribution in [1.82, 2.24) is 9.97 Å². The molecule has 5 nitrogen and oxygen atoms in total. The average molecular weight is 337 g/mol. The van der Waals surface area contributed by atoms with E-state index in [-0.39, 0.29) is 0 Å². The summed E-state index contributed by atoms with van der Waals surface area (Å²) in [4.78, 5) is 8.53. The summed E-state index contributed by atoms with van der Waals surface area (Å²) >= 11 is 3.55. The summed E-state index contributed by atoms with van der Waals surface area (Å²) in [6, 6.07) is 7.68. The zero-order valence-corrected chi connectivity index (χ0v) is 13.1. The third kappa shape index (κ3) is 3.68. The standard InChI is InChI=1S/C14H17BrN4O/c1-3-20-8-13-18-11(16)7-12(19-13)17-10-6-4-5-9(2)14(10)15/h4-7H,3,8H2,1-2H3,(H3,16,17,18,19). The Bertz CT molecular complexity index is 604. The molecular formula is C14H17BrN4O. The number of nitrogen functional groups attached to an aromatic ring is 1. The molecule has 0 unspecified atom stereocenters. The number of benzene rings is 1. The predicted octanol–water partition coefficient (Wildman–Crippen LogP) is 3.41. The molecule has 0 atom stereocenters. The first-order valence-corrected chi connectivity index (χ1v) is 7.12. The fraction of sp³-hybridized carbons (Fsp3) is 0.286. The van der Waals surface area contributed by atoms with Crippen molar-refractivity contribution < 1.29 is 4.74 Å². The van der Waals surface area contributed by atoms with Crippen molar-refractivity contribution in [2.75, 3.05) is 17.7 Å². The van der Waals surface area contributed by atoms with Crippen LogP contribution >= 0.6 is 15.9 Å². The summed E-state index contributed by atoms with van der Waals surface area (Å²) in [5, 5.41) is 3.24. The molecule has 1 aromatic heterocycles. The molecule has 0 aliphatic heterocycles. The highest BCUT2D eigenvalue weighted by Crippen LogP contribution is 2.28. The summed E-state index contributed by atoms with van der Waals surface area (Å²) < 4.78 is 6.31. The number of nitrogens with two attached hydrogens (primary N) is 1. The van der Waals surface area contributed by atoms with Gasteiger partial charge in [0, 0.05) is 17.1 Å². The van der Waals surface area contributed by atoms with E-state index in [4.69, 9.17) is 10.5 Å². The van der Waals surface area contributed by atoms with Crippen LogP contribution in [0.25, 0.3) is 0 Å². The van der Waals surface area contributed by atoms with Crippen molar-refractivity contribution in [3.8, 4) is 0 Å². The molecular weight excluding hydrogens is 320 g/mol. The van der Waals surface area contributed by atoms with Gasteiger partial charge in [-0.05, 0) is 41.4 Å². The number of hydrogen-bond donors (Lipinski definition) is 2. The van der Waals surface area contributed by atoms with Gasteiger partial charge in [-0.25, -0.2) is 9.97 Å². The van der Waals surface area contributed by atoms with E-state index in [1.165, 1.54) is 0 Å². The minimum atomic E-state index is 0.352. The largest absolute Gasteiger partial charge is 0.384 e. The average Bonchev–Trinajstić information content (AvgIpc) is 2.41. The molecule has 0 fully saturated rings. The monoisotopic (exact) mass is 336 g/mol. The highest BCUT2D eigenvalue weighted by molar-refractivity contribution is 9.10. The van der Waals surface area contributed by atoms with Crippen molar-refractivity contribution in [3.63, 3.8) is 0 Å². The molecule has 0 spiro atoms. The number of halogens is 1. The summed E-state index contributed by atoms with van der Waals surface area (Å²) in [6.07, 6.45) is 0. The Morgan fingerprint density at radius 2 is 2.15 bits per heavy atom. The van der Waals surface area contributed by atoms with Crippen LogP contribution in [-0.2, 0) is 11.3 Å². The maximum atomic E-state index is 5.79. The second kappa shape index (κ2) is 6.67.